The average Bonchev–Trinajstić information content (AvgIpc) is 2.75. The molecule has 0 unspecified atom stereocenters. The molecule has 1 N–H and O–H groups in total. The fourth-order valence-corrected chi connectivity index (χ4v) is 2.31. The molecule has 0 radical (unpaired) electrons. The largest absolute Gasteiger partial charge is 0.331 e. The van der Waals surface area contributed by atoms with Gasteiger partial charge in [0.2, 0.25) is 0 Å². The van der Waals surface area contributed by atoms with Crippen molar-refractivity contribution in [3.63, 3.8) is 0 Å². The Morgan fingerprint density at radius 2 is 2.18 bits per heavy atom. The van der Waals surface area contributed by atoms with Crippen LogP contribution in [0.1, 0.15) is 24.1 Å². The van der Waals surface area contributed by atoms with E-state index in [1.54, 1.807) is 12.5 Å². The van der Waals surface area contributed by atoms with Crippen LogP contribution < -0.4 is 5.56 Å². The second kappa shape index (κ2) is 3.84. The number of hydrogen-bond donors (Lipinski definition) is 1. The van der Waals surface area contributed by atoms with Gasteiger partial charge in [0.15, 0.2) is 5.82 Å². The number of nitrogens with zero attached hydrogens (tertiary/aromatic N) is 3. The third-order valence-corrected chi connectivity index (χ3v) is 3.25. The van der Waals surface area contributed by atoms with Gasteiger partial charge in [0.05, 0.1) is 18.2 Å². The number of nitrogens with one attached hydrogen (secondary N) is 1. The molecule has 1 aliphatic carbocycles. The number of aryl methyl sites for hydroxylation is 2. The average molecular weight is 230 g/mol. The van der Waals surface area contributed by atoms with Crippen LogP contribution in [-0.2, 0) is 19.9 Å². The van der Waals surface area contributed by atoms with Crippen LogP contribution in [0.25, 0.3) is 11.5 Å². The summed E-state index contributed by atoms with van der Waals surface area (Å²) in [5, 5.41) is 0. The first-order valence-electron chi connectivity index (χ1n) is 5.84. The lowest BCUT2D eigenvalue weighted by molar-refractivity contribution is 0.656. The zero-order valence-electron chi connectivity index (χ0n) is 9.73. The third-order valence-electron chi connectivity index (χ3n) is 3.25. The molecule has 2 aromatic heterocycles. The van der Waals surface area contributed by atoms with Gasteiger partial charge < -0.3 is 9.55 Å². The Labute approximate surface area is 98.5 Å². The zero-order valence-corrected chi connectivity index (χ0v) is 9.73. The number of fused-ring (bicyclic) bond motifs is 1. The van der Waals surface area contributed by atoms with Crippen LogP contribution in [-0.4, -0.2) is 19.5 Å². The minimum Gasteiger partial charge on any atom is -0.331 e. The highest BCUT2D eigenvalue weighted by atomic mass is 16.1. The number of imidazole rings is 1. The van der Waals surface area contributed by atoms with E-state index in [0.29, 0.717) is 5.82 Å². The van der Waals surface area contributed by atoms with Crippen LogP contribution in [0.15, 0.2) is 17.3 Å². The normalized spacial score (nSPS) is 14.6. The fraction of sp³-hybridized carbons (Fsp3) is 0.417. The molecule has 5 heteroatoms. The summed E-state index contributed by atoms with van der Waals surface area (Å²) in [5.74, 6) is 0.621. The Morgan fingerprint density at radius 3 is 2.94 bits per heavy atom. The molecule has 0 spiro atoms. The lowest BCUT2D eigenvalue weighted by atomic mass is 9.97. The van der Waals surface area contributed by atoms with Gasteiger partial charge in [0.25, 0.3) is 5.56 Å². The topological polar surface area (TPSA) is 63.6 Å². The molecule has 0 aliphatic heterocycles. The molecule has 5 nitrogen and oxygen atoms in total. The smallest absolute Gasteiger partial charge is 0.254 e. The molecule has 0 amide bonds. The van der Waals surface area contributed by atoms with E-state index >= 15 is 0 Å². The Balaban J connectivity index is 2.17. The monoisotopic (exact) mass is 230 g/mol. The summed E-state index contributed by atoms with van der Waals surface area (Å²) in [6, 6.07) is 0. The van der Waals surface area contributed by atoms with E-state index < -0.39 is 0 Å². The highest BCUT2D eigenvalue weighted by molar-refractivity contribution is 5.49. The summed E-state index contributed by atoms with van der Waals surface area (Å²) >= 11 is 0. The Bertz CT molecular complexity index is 611. The molecule has 1 aliphatic rings. The highest BCUT2D eigenvalue weighted by Gasteiger charge is 2.16. The first-order chi connectivity index (χ1) is 8.25. The van der Waals surface area contributed by atoms with E-state index in [0.717, 1.165) is 42.6 Å². The molecule has 0 aromatic carbocycles. The molecule has 0 fully saturated rings. The van der Waals surface area contributed by atoms with Crippen LogP contribution in [0.3, 0.4) is 0 Å². The molecule has 3 rings (SSSR count). The van der Waals surface area contributed by atoms with Gasteiger partial charge in [0.1, 0.15) is 5.69 Å². The summed E-state index contributed by atoms with van der Waals surface area (Å²) in [4.78, 5) is 23.4. The Morgan fingerprint density at radius 1 is 1.35 bits per heavy atom. The van der Waals surface area contributed by atoms with Gasteiger partial charge in [-0.05, 0) is 25.7 Å². The molecule has 0 atom stereocenters. The minimum absolute atomic E-state index is 0.00546. The molecular formula is C12H14N4O. The number of aromatic nitrogens is 4. The van der Waals surface area contributed by atoms with Gasteiger partial charge in [-0.3, -0.25) is 4.79 Å². The Hall–Kier alpha value is -1.91. The highest BCUT2D eigenvalue weighted by Crippen LogP contribution is 2.19. The number of aromatic amines is 1. The molecule has 0 saturated carbocycles. The second-order valence-electron chi connectivity index (χ2n) is 4.44. The van der Waals surface area contributed by atoms with Crippen LogP contribution in [0.4, 0.5) is 0 Å². The van der Waals surface area contributed by atoms with Gasteiger partial charge in [-0.1, -0.05) is 0 Å². The number of rotatable bonds is 1. The summed E-state index contributed by atoms with van der Waals surface area (Å²) < 4.78 is 1.85. The van der Waals surface area contributed by atoms with E-state index in [2.05, 4.69) is 15.0 Å². The van der Waals surface area contributed by atoms with E-state index in [-0.39, 0.29) is 5.56 Å². The molecule has 2 aromatic rings. The van der Waals surface area contributed by atoms with Gasteiger partial charge >= 0.3 is 0 Å². The van der Waals surface area contributed by atoms with Gasteiger partial charge in [-0.25, -0.2) is 9.97 Å². The van der Waals surface area contributed by atoms with Crippen molar-refractivity contribution in [3.8, 4) is 11.5 Å². The van der Waals surface area contributed by atoms with Gasteiger partial charge in [-0.15, -0.1) is 0 Å². The summed E-state index contributed by atoms with van der Waals surface area (Å²) in [6.07, 6.45) is 7.38. The quantitative estimate of drug-likeness (QED) is 0.796. The fourth-order valence-electron chi connectivity index (χ4n) is 2.31. The summed E-state index contributed by atoms with van der Waals surface area (Å²) in [7, 11) is 1.89. The van der Waals surface area contributed by atoms with Crippen molar-refractivity contribution < 1.29 is 0 Å². The van der Waals surface area contributed by atoms with Crippen LogP contribution in [0.2, 0.25) is 0 Å². The van der Waals surface area contributed by atoms with Crippen molar-refractivity contribution in [1.29, 1.82) is 0 Å². The first-order valence-corrected chi connectivity index (χ1v) is 5.84. The molecule has 2 heterocycles. The predicted octanol–water partition coefficient (Wildman–Crippen LogP) is 1.05. The maximum Gasteiger partial charge on any atom is 0.254 e. The Kier molecular flexibility index (Phi) is 2.31. The molecule has 0 bridgehead atoms. The van der Waals surface area contributed by atoms with Crippen LogP contribution in [0, 0.1) is 0 Å². The van der Waals surface area contributed by atoms with Crippen molar-refractivity contribution in [2.24, 2.45) is 7.05 Å². The lowest BCUT2D eigenvalue weighted by Gasteiger charge is -2.14. The standard InChI is InChI=1S/C12H14N4O/c1-16-7-13-6-10(16)11-14-9-5-3-2-4-8(9)12(17)15-11/h6-7H,2-5H2,1H3,(H,14,15,17). The van der Waals surface area contributed by atoms with Crippen LogP contribution in [0.5, 0.6) is 0 Å². The van der Waals surface area contributed by atoms with E-state index in [4.69, 9.17) is 0 Å². The van der Waals surface area contributed by atoms with Crippen LogP contribution >= 0.6 is 0 Å². The molecular weight excluding hydrogens is 216 g/mol. The minimum atomic E-state index is 0.00546. The van der Waals surface area contributed by atoms with Gasteiger partial charge in [-0.2, -0.15) is 0 Å². The maximum absolute atomic E-state index is 12.0. The predicted molar refractivity (Wildman–Crippen MR) is 63.7 cm³/mol. The summed E-state index contributed by atoms with van der Waals surface area (Å²) in [6.45, 7) is 0. The van der Waals surface area contributed by atoms with E-state index in [1.165, 1.54) is 0 Å². The zero-order chi connectivity index (χ0) is 11.8. The SMILES string of the molecule is Cn1cncc1-c1nc2c(c(=O)[nH]1)CCCC2. The van der Waals surface area contributed by atoms with E-state index in [9.17, 15) is 4.79 Å². The summed E-state index contributed by atoms with van der Waals surface area (Å²) in [5.41, 5.74) is 2.67. The van der Waals surface area contributed by atoms with Gasteiger partial charge in [0, 0.05) is 12.6 Å². The number of H-pyrrole nitrogens is 1. The van der Waals surface area contributed by atoms with Crippen molar-refractivity contribution in [2.75, 3.05) is 0 Å². The van der Waals surface area contributed by atoms with Crippen molar-refractivity contribution >= 4 is 0 Å². The molecule has 88 valence electrons. The van der Waals surface area contributed by atoms with Crippen molar-refractivity contribution in [2.45, 2.75) is 25.7 Å². The van der Waals surface area contributed by atoms with Crippen molar-refractivity contribution in [1.82, 2.24) is 19.5 Å². The molecule has 0 saturated heterocycles. The van der Waals surface area contributed by atoms with E-state index in [1.807, 2.05) is 11.6 Å². The second-order valence-corrected chi connectivity index (χ2v) is 4.44. The number of hydrogen-bond acceptors (Lipinski definition) is 3. The first kappa shape index (κ1) is 10.3. The third kappa shape index (κ3) is 1.67. The molecule has 17 heavy (non-hydrogen) atoms. The van der Waals surface area contributed by atoms with Crippen molar-refractivity contribution in [3.05, 3.63) is 34.1 Å². The maximum atomic E-state index is 12.0. The lowest BCUT2D eigenvalue weighted by Crippen LogP contribution is -2.22.